The van der Waals surface area contributed by atoms with Crippen LogP contribution in [-0.2, 0) is 0 Å². The number of anilines is 1. The van der Waals surface area contributed by atoms with Crippen molar-refractivity contribution in [2.45, 2.75) is 58.4 Å². The van der Waals surface area contributed by atoms with Gasteiger partial charge in [-0.3, -0.25) is 4.68 Å². The summed E-state index contributed by atoms with van der Waals surface area (Å²) in [5, 5.41) is 9.08. The standard InChI is InChI=1S/C13H23N3S/c1-8(2)16-11(5)13(10(4)15-16)14-12-6-9(3)17-7-12/h8-9,12,14H,6-7H2,1-5H3. The molecule has 1 aliphatic heterocycles. The predicted molar refractivity (Wildman–Crippen MR) is 76.0 cm³/mol. The maximum atomic E-state index is 4.62. The Bertz CT molecular complexity index is 398. The number of nitrogens with zero attached hydrogens (tertiary/aromatic N) is 2. The molecule has 3 nitrogen and oxygen atoms in total. The Morgan fingerprint density at radius 2 is 2.12 bits per heavy atom. The van der Waals surface area contributed by atoms with Gasteiger partial charge in [-0.2, -0.15) is 16.9 Å². The average Bonchev–Trinajstić information content (AvgIpc) is 2.77. The van der Waals surface area contributed by atoms with E-state index in [9.17, 15) is 0 Å². The molecule has 0 bridgehead atoms. The van der Waals surface area contributed by atoms with Crippen molar-refractivity contribution in [2.24, 2.45) is 0 Å². The molecule has 0 aromatic carbocycles. The lowest BCUT2D eigenvalue weighted by Crippen LogP contribution is -2.19. The number of nitrogens with one attached hydrogen (secondary N) is 1. The first kappa shape index (κ1) is 12.8. The molecule has 0 saturated carbocycles. The van der Waals surface area contributed by atoms with E-state index in [1.54, 1.807) is 0 Å². The molecule has 0 amide bonds. The van der Waals surface area contributed by atoms with E-state index in [1.807, 2.05) is 0 Å². The van der Waals surface area contributed by atoms with E-state index in [2.05, 4.69) is 61.5 Å². The number of rotatable bonds is 3. The monoisotopic (exact) mass is 253 g/mol. The van der Waals surface area contributed by atoms with Crippen molar-refractivity contribution >= 4 is 17.4 Å². The lowest BCUT2D eigenvalue weighted by atomic mass is 10.2. The Morgan fingerprint density at radius 1 is 1.41 bits per heavy atom. The molecule has 2 unspecified atom stereocenters. The molecule has 1 aromatic heterocycles. The summed E-state index contributed by atoms with van der Waals surface area (Å²) >= 11 is 2.06. The molecule has 1 aliphatic rings. The van der Waals surface area contributed by atoms with Crippen LogP contribution in [0.4, 0.5) is 5.69 Å². The summed E-state index contributed by atoms with van der Waals surface area (Å²) in [5.74, 6) is 1.22. The minimum absolute atomic E-state index is 0.432. The smallest absolute Gasteiger partial charge is 0.0828 e. The van der Waals surface area contributed by atoms with Gasteiger partial charge in [-0.25, -0.2) is 0 Å². The SMILES string of the molecule is Cc1nn(C(C)C)c(C)c1NC1CSC(C)C1. The van der Waals surface area contributed by atoms with Crippen molar-refractivity contribution in [1.29, 1.82) is 0 Å². The fraction of sp³-hybridized carbons (Fsp3) is 0.769. The van der Waals surface area contributed by atoms with Crippen LogP contribution in [-0.4, -0.2) is 26.8 Å². The van der Waals surface area contributed by atoms with Gasteiger partial charge < -0.3 is 5.32 Å². The maximum absolute atomic E-state index is 4.62. The quantitative estimate of drug-likeness (QED) is 0.895. The highest BCUT2D eigenvalue weighted by Crippen LogP contribution is 2.30. The number of aryl methyl sites for hydroxylation is 1. The van der Waals surface area contributed by atoms with Crippen LogP contribution in [0.15, 0.2) is 0 Å². The van der Waals surface area contributed by atoms with E-state index in [-0.39, 0.29) is 0 Å². The lowest BCUT2D eigenvalue weighted by molar-refractivity contribution is 0.516. The molecule has 1 fully saturated rings. The van der Waals surface area contributed by atoms with Crippen molar-refractivity contribution in [3.63, 3.8) is 0 Å². The highest BCUT2D eigenvalue weighted by atomic mass is 32.2. The van der Waals surface area contributed by atoms with Crippen LogP contribution < -0.4 is 5.32 Å². The fourth-order valence-corrected chi connectivity index (χ4v) is 3.65. The molecular weight excluding hydrogens is 230 g/mol. The van der Waals surface area contributed by atoms with Crippen molar-refractivity contribution in [3.8, 4) is 0 Å². The molecule has 0 radical (unpaired) electrons. The summed E-state index contributed by atoms with van der Waals surface area (Å²) in [7, 11) is 0. The molecule has 17 heavy (non-hydrogen) atoms. The van der Waals surface area contributed by atoms with Crippen LogP contribution >= 0.6 is 11.8 Å². The molecule has 1 N–H and O–H groups in total. The van der Waals surface area contributed by atoms with Crippen LogP contribution in [0.2, 0.25) is 0 Å². The fourth-order valence-electron chi connectivity index (χ4n) is 2.50. The summed E-state index contributed by atoms with van der Waals surface area (Å²) in [4.78, 5) is 0. The third-order valence-electron chi connectivity index (χ3n) is 3.36. The average molecular weight is 253 g/mol. The maximum Gasteiger partial charge on any atom is 0.0828 e. The van der Waals surface area contributed by atoms with E-state index in [0.29, 0.717) is 12.1 Å². The van der Waals surface area contributed by atoms with Crippen LogP contribution in [0.1, 0.15) is 44.6 Å². The first-order valence-corrected chi connectivity index (χ1v) is 7.47. The number of aromatic nitrogens is 2. The Morgan fingerprint density at radius 3 is 2.59 bits per heavy atom. The topological polar surface area (TPSA) is 29.9 Å². The number of thioether (sulfide) groups is 1. The molecule has 2 heterocycles. The van der Waals surface area contributed by atoms with Gasteiger partial charge in [-0.15, -0.1) is 0 Å². The minimum Gasteiger partial charge on any atom is -0.378 e. The van der Waals surface area contributed by atoms with Gasteiger partial charge in [0.25, 0.3) is 0 Å². The third-order valence-corrected chi connectivity index (χ3v) is 4.72. The lowest BCUT2D eigenvalue weighted by Gasteiger charge is -2.14. The largest absolute Gasteiger partial charge is 0.378 e. The second-order valence-corrected chi connectivity index (χ2v) is 6.78. The van der Waals surface area contributed by atoms with E-state index in [0.717, 1.165) is 10.9 Å². The molecule has 2 rings (SSSR count). The molecular formula is C13H23N3S. The van der Waals surface area contributed by atoms with Gasteiger partial charge >= 0.3 is 0 Å². The van der Waals surface area contributed by atoms with Gasteiger partial charge in [0.2, 0.25) is 0 Å². The normalized spacial score (nSPS) is 24.6. The second-order valence-electron chi connectivity index (χ2n) is 5.31. The van der Waals surface area contributed by atoms with Gasteiger partial charge in [0.15, 0.2) is 0 Å². The Balaban J connectivity index is 2.15. The van der Waals surface area contributed by atoms with Gasteiger partial charge in [-0.05, 0) is 34.1 Å². The Hall–Kier alpha value is -0.640. The van der Waals surface area contributed by atoms with Gasteiger partial charge in [0.05, 0.1) is 17.1 Å². The highest BCUT2D eigenvalue weighted by Gasteiger charge is 2.24. The summed E-state index contributed by atoms with van der Waals surface area (Å²) in [6.45, 7) is 10.9. The van der Waals surface area contributed by atoms with Crippen molar-refractivity contribution in [3.05, 3.63) is 11.4 Å². The Kier molecular flexibility index (Phi) is 3.71. The molecule has 4 heteroatoms. The molecule has 0 aliphatic carbocycles. The molecule has 2 atom stereocenters. The molecule has 96 valence electrons. The van der Waals surface area contributed by atoms with Crippen LogP contribution in [0, 0.1) is 13.8 Å². The molecule has 1 saturated heterocycles. The summed E-state index contributed by atoms with van der Waals surface area (Å²) in [5.41, 5.74) is 3.64. The van der Waals surface area contributed by atoms with Gasteiger partial charge in [0.1, 0.15) is 0 Å². The van der Waals surface area contributed by atoms with Gasteiger partial charge in [-0.1, -0.05) is 6.92 Å². The van der Waals surface area contributed by atoms with E-state index < -0.39 is 0 Å². The Labute approximate surface area is 108 Å². The van der Waals surface area contributed by atoms with Crippen molar-refractivity contribution in [1.82, 2.24) is 9.78 Å². The zero-order valence-electron chi connectivity index (χ0n) is 11.4. The van der Waals surface area contributed by atoms with E-state index in [1.165, 1.54) is 23.6 Å². The first-order chi connectivity index (χ1) is 7.99. The summed E-state index contributed by atoms with van der Waals surface area (Å²) in [6, 6.07) is 1.04. The first-order valence-electron chi connectivity index (χ1n) is 6.43. The minimum atomic E-state index is 0.432. The van der Waals surface area contributed by atoms with Crippen LogP contribution in [0.3, 0.4) is 0 Å². The summed E-state index contributed by atoms with van der Waals surface area (Å²) in [6.07, 6.45) is 1.26. The number of hydrogen-bond acceptors (Lipinski definition) is 3. The molecule has 1 aromatic rings. The zero-order valence-corrected chi connectivity index (χ0v) is 12.3. The van der Waals surface area contributed by atoms with Crippen LogP contribution in [0.5, 0.6) is 0 Å². The zero-order chi connectivity index (χ0) is 12.6. The number of hydrogen-bond donors (Lipinski definition) is 1. The van der Waals surface area contributed by atoms with Crippen molar-refractivity contribution in [2.75, 3.05) is 11.1 Å². The summed E-state index contributed by atoms with van der Waals surface area (Å²) < 4.78 is 2.11. The highest BCUT2D eigenvalue weighted by molar-refractivity contribution is 8.00. The van der Waals surface area contributed by atoms with E-state index >= 15 is 0 Å². The molecule has 0 spiro atoms. The van der Waals surface area contributed by atoms with Crippen LogP contribution in [0.25, 0.3) is 0 Å². The predicted octanol–water partition coefficient (Wildman–Crippen LogP) is 3.39. The van der Waals surface area contributed by atoms with Gasteiger partial charge in [0, 0.05) is 23.1 Å². The van der Waals surface area contributed by atoms with E-state index in [4.69, 9.17) is 0 Å². The van der Waals surface area contributed by atoms with Crippen molar-refractivity contribution < 1.29 is 0 Å². The third kappa shape index (κ3) is 2.62. The second kappa shape index (κ2) is 4.92.